The minimum absolute atomic E-state index is 0.252. The van der Waals surface area contributed by atoms with Crippen LogP contribution in [0.15, 0.2) is 60.7 Å². The lowest BCUT2D eigenvalue weighted by molar-refractivity contribution is 0.102. The second-order valence-corrected chi connectivity index (χ2v) is 5.67. The number of fused-ring (bicyclic) bond motifs is 1. The molecule has 0 unspecified atom stereocenters. The largest absolute Gasteiger partial charge is 0.454 e. The van der Waals surface area contributed by atoms with Gasteiger partial charge in [0.25, 0.3) is 5.91 Å². The molecule has 0 spiro atoms. The molecule has 0 saturated heterocycles. The Morgan fingerprint density at radius 2 is 1.81 bits per heavy atom. The summed E-state index contributed by atoms with van der Waals surface area (Å²) in [7, 11) is 0. The summed E-state index contributed by atoms with van der Waals surface area (Å²) in [6.07, 6.45) is 0. The number of para-hydroxylation sites is 1. The van der Waals surface area contributed by atoms with Crippen molar-refractivity contribution >= 4 is 17.4 Å². The Labute approximate surface area is 150 Å². The van der Waals surface area contributed by atoms with E-state index in [0.717, 1.165) is 17.1 Å². The zero-order chi connectivity index (χ0) is 17.8. The summed E-state index contributed by atoms with van der Waals surface area (Å²) in [5.41, 5.74) is 1.99. The first kappa shape index (κ1) is 15.9. The first-order chi connectivity index (χ1) is 12.8. The first-order valence-electron chi connectivity index (χ1n) is 8.10. The fourth-order valence-corrected chi connectivity index (χ4v) is 2.51. The van der Waals surface area contributed by atoms with Crippen LogP contribution in [-0.4, -0.2) is 22.9 Å². The van der Waals surface area contributed by atoms with Crippen LogP contribution < -0.4 is 20.1 Å². The number of carbonyl (C=O) groups excluding carboxylic acids is 1. The first-order valence-corrected chi connectivity index (χ1v) is 8.10. The van der Waals surface area contributed by atoms with Crippen LogP contribution in [0.3, 0.4) is 0 Å². The van der Waals surface area contributed by atoms with Gasteiger partial charge in [-0.05, 0) is 42.0 Å². The second-order valence-electron chi connectivity index (χ2n) is 5.67. The molecule has 0 atom stereocenters. The highest BCUT2D eigenvalue weighted by molar-refractivity contribution is 6.02. The van der Waals surface area contributed by atoms with Gasteiger partial charge in [-0.3, -0.25) is 4.79 Å². The van der Waals surface area contributed by atoms with E-state index in [9.17, 15) is 4.79 Å². The predicted molar refractivity (Wildman–Crippen MR) is 96.3 cm³/mol. The fraction of sp³-hybridized carbons (Fsp3) is 0.105. The number of nitrogens with zero attached hydrogens (tertiary/aromatic N) is 2. The van der Waals surface area contributed by atoms with Gasteiger partial charge < -0.3 is 20.1 Å². The van der Waals surface area contributed by atoms with E-state index in [1.54, 1.807) is 12.1 Å². The number of rotatable bonds is 5. The average Bonchev–Trinajstić information content (AvgIpc) is 3.15. The van der Waals surface area contributed by atoms with Crippen LogP contribution in [0, 0.1) is 0 Å². The molecule has 1 aliphatic rings. The Balaban J connectivity index is 1.36. The van der Waals surface area contributed by atoms with Crippen LogP contribution in [0.1, 0.15) is 16.1 Å². The molecule has 26 heavy (non-hydrogen) atoms. The Morgan fingerprint density at radius 1 is 0.962 bits per heavy atom. The van der Waals surface area contributed by atoms with Crippen LogP contribution in [0.2, 0.25) is 0 Å². The normalized spacial score (nSPS) is 11.8. The number of nitrogens with one attached hydrogen (secondary N) is 2. The number of hydrogen-bond acceptors (Lipinski definition) is 6. The van der Waals surface area contributed by atoms with Gasteiger partial charge in [0.15, 0.2) is 17.2 Å². The summed E-state index contributed by atoms with van der Waals surface area (Å²) in [5.74, 6) is 1.77. The summed E-state index contributed by atoms with van der Waals surface area (Å²) in [4.78, 5) is 12.2. The molecule has 4 rings (SSSR count). The molecule has 0 fully saturated rings. The SMILES string of the molecule is O=C(Nc1ccccc1)c1ccc(NCc2ccc3c(c2)OCO3)nn1. The molecule has 1 aliphatic heterocycles. The molecule has 1 aromatic heterocycles. The summed E-state index contributed by atoms with van der Waals surface area (Å²) < 4.78 is 10.7. The maximum absolute atomic E-state index is 12.2. The van der Waals surface area contributed by atoms with Crippen LogP contribution >= 0.6 is 0 Å². The zero-order valence-corrected chi connectivity index (χ0v) is 13.8. The van der Waals surface area contributed by atoms with E-state index in [-0.39, 0.29) is 18.4 Å². The molecule has 7 nitrogen and oxygen atoms in total. The molecule has 0 aliphatic carbocycles. The predicted octanol–water partition coefficient (Wildman–Crippen LogP) is 3.07. The van der Waals surface area contributed by atoms with Gasteiger partial charge in [-0.25, -0.2) is 0 Å². The number of ether oxygens (including phenoxy) is 2. The van der Waals surface area contributed by atoms with Crippen molar-refractivity contribution in [3.8, 4) is 11.5 Å². The second kappa shape index (κ2) is 7.10. The van der Waals surface area contributed by atoms with Crippen LogP contribution in [0.4, 0.5) is 11.5 Å². The summed E-state index contributed by atoms with van der Waals surface area (Å²) in [5, 5.41) is 14.0. The highest BCUT2D eigenvalue weighted by Gasteiger charge is 2.13. The van der Waals surface area contributed by atoms with E-state index in [0.29, 0.717) is 18.1 Å². The standard InChI is InChI=1S/C19H16N4O3/c24-19(21-14-4-2-1-3-5-14)15-7-9-18(23-22-15)20-11-13-6-8-16-17(10-13)26-12-25-16/h1-10H,11-12H2,(H,20,23)(H,21,24). The van der Waals surface area contributed by atoms with Gasteiger partial charge in [-0.2, -0.15) is 0 Å². The Kier molecular flexibility index (Phi) is 4.34. The van der Waals surface area contributed by atoms with E-state index < -0.39 is 0 Å². The van der Waals surface area contributed by atoms with Crippen molar-refractivity contribution in [3.63, 3.8) is 0 Å². The lowest BCUT2D eigenvalue weighted by Crippen LogP contribution is -2.14. The lowest BCUT2D eigenvalue weighted by Gasteiger charge is -2.07. The van der Waals surface area contributed by atoms with Crippen LogP contribution in [0.25, 0.3) is 0 Å². The van der Waals surface area contributed by atoms with Crippen molar-refractivity contribution in [2.75, 3.05) is 17.4 Å². The van der Waals surface area contributed by atoms with Crippen molar-refractivity contribution in [1.29, 1.82) is 0 Å². The summed E-state index contributed by atoms with van der Waals surface area (Å²) in [6.45, 7) is 0.811. The molecule has 0 radical (unpaired) electrons. The average molecular weight is 348 g/mol. The van der Waals surface area contributed by atoms with Gasteiger partial charge in [0.1, 0.15) is 5.82 Å². The number of hydrogen-bond donors (Lipinski definition) is 2. The molecule has 0 saturated carbocycles. The molecular formula is C19H16N4O3. The van der Waals surface area contributed by atoms with Crippen molar-refractivity contribution in [1.82, 2.24) is 10.2 Å². The van der Waals surface area contributed by atoms with Gasteiger partial charge in [0.2, 0.25) is 6.79 Å². The lowest BCUT2D eigenvalue weighted by atomic mass is 10.2. The maximum atomic E-state index is 12.2. The summed E-state index contributed by atoms with van der Waals surface area (Å²) in [6, 6.07) is 18.3. The van der Waals surface area contributed by atoms with Gasteiger partial charge >= 0.3 is 0 Å². The summed E-state index contributed by atoms with van der Waals surface area (Å²) >= 11 is 0. The van der Waals surface area contributed by atoms with E-state index in [2.05, 4.69) is 20.8 Å². The Hall–Kier alpha value is -3.61. The molecule has 130 valence electrons. The van der Waals surface area contributed by atoms with Gasteiger partial charge in [-0.1, -0.05) is 24.3 Å². The minimum Gasteiger partial charge on any atom is -0.454 e. The van der Waals surface area contributed by atoms with Gasteiger partial charge in [0.05, 0.1) is 0 Å². The topological polar surface area (TPSA) is 85.4 Å². The minimum atomic E-state index is -0.300. The molecule has 1 amide bonds. The van der Waals surface area contributed by atoms with Crippen molar-refractivity contribution in [2.45, 2.75) is 6.54 Å². The molecule has 2 aromatic carbocycles. The monoisotopic (exact) mass is 348 g/mol. The highest BCUT2D eigenvalue weighted by Crippen LogP contribution is 2.32. The Morgan fingerprint density at radius 3 is 2.62 bits per heavy atom. The third kappa shape index (κ3) is 3.56. The molecule has 3 aromatic rings. The van der Waals surface area contributed by atoms with Crippen molar-refractivity contribution in [3.05, 3.63) is 71.9 Å². The number of amides is 1. The molecule has 0 bridgehead atoms. The number of aromatic nitrogens is 2. The molecule has 2 N–H and O–H groups in total. The van der Waals surface area contributed by atoms with Crippen molar-refractivity contribution in [2.24, 2.45) is 0 Å². The molecule has 2 heterocycles. The maximum Gasteiger partial charge on any atom is 0.276 e. The highest BCUT2D eigenvalue weighted by atomic mass is 16.7. The number of carbonyl (C=O) groups is 1. The van der Waals surface area contributed by atoms with E-state index in [1.807, 2.05) is 48.5 Å². The smallest absolute Gasteiger partial charge is 0.276 e. The Bertz CT molecular complexity index is 914. The third-order valence-corrected chi connectivity index (χ3v) is 3.84. The van der Waals surface area contributed by atoms with E-state index in [1.165, 1.54) is 0 Å². The third-order valence-electron chi connectivity index (χ3n) is 3.84. The van der Waals surface area contributed by atoms with Crippen LogP contribution in [-0.2, 0) is 6.54 Å². The van der Waals surface area contributed by atoms with E-state index in [4.69, 9.17) is 9.47 Å². The number of benzene rings is 2. The number of anilines is 2. The zero-order valence-electron chi connectivity index (χ0n) is 13.8. The fourth-order valence-electron chi connectivity index (χ4n) is 2.51. The van der Waals surface area contributed by atoms with Gasteiger partial charge in [0, 0.05) is 12.2 Å². The quantitative estimate of drug-likeness (QED) is 0.737. The van der Waals surface area contributed by atoms with E-state index >= 15 is 0 Å². The van der Waals surface area contributed by atoms with Crippen LogP contribution in [0.5, 0.6) is 11.5 Å². The molecule has 7 heteroatoms. The van der Waals surface area contributed by atoms with Gasteiger partial charge in [-0.15, -0.1) is 10.2 Å². The van der Waals surface area contributed by atoms with Crippen molar-refractivity contribution < 1.29 is 14.3 Å². The molecular weight excluding hydrogens is 332 g/mol.